The van der Waals surface area contributed by atoms with E-state index in [2.05, 4.69) is 20.1 Å². The summed E-state index contributed by atoms with van der Waals surface area (Å²) in [5, 5.41) is 5.59. The summed E-state index contributed by atoms with van der Waals surface area (Å²) in [7, 11) is 2.57. The number of rotatable bonds is 6. The summed E-state index contributed by atoms with van der Waals surface area (Å²) in [5.74, 6) is -2.48. The summed E-state index contributed by atoms with van der Waals surface area (Å²) in [6, 6.07) is 25.1. The molecule has 0 heterocycles. The lowest BCUT2D eigenvalue weighted by atomic mass is 10.1. The number of hydrogen-bond acceptors (Lipinski definition) is 6. The zero-order valence-corrected chi connectivity index (χ0v) is 22.2. The van der Waals surface area contributed by atoms with Gasteiger partial charge >= 0.3 is 11.9 Å². The van der Waals surface area contributed by atoms with Crippen molar-refractivity contribution in [1.82, 2.24) is 0 Å². The van der Waals surface area contributed by atoms with Gasteiger partial charge in [-0.3, -0.25) is 9.59 Å². The standard InChI is InChI=1S/C15H12ClNO3.C15H12FNO3/c2*1-20-15(19)10-5-4-6-11(9-10)17-14(18)12-7-2-3-8-13(12)16/h2*2-9H,1H3,(H,17,18). The van der Waals surface area contributed by atoms with Crippen molar-refractivity contribution in [3.8, 4) is 0 Å². The smallest absolute Gasteiger partial charge is 0.337 e. The van der Waals surface area contributed by atoms with Crippen LogP contribution in [0.1, 0.15) is 41.4 Å². The van der Waals surface area contributed by atoms with Crippen molar-refractivity contribution >= 4 is 46.7 Å². The van der Waals surface area contributed by atoms with E-state index in [1.54, 1.807) is 72.8 Å². The van der Waals surface area contributed by atoms with Crippen LogP contribution in [0, 0.1) is 5.82 Å². The van der Waals surface area contributed by atoms with Gasteiger partial charge in [0.05, 0.1) is 41.5 Å². The van der Waals surface area contributed by atoms with Crippen LogP contribution in [0.3, 0.4) is 0 Å². The van der Waals surface area contributed by atoms with Crippen LogP contribution in [0.15, 0.2) is 97.1 Å². The van der Waals surface area contributed by atoms with Crippen LogP contribution < -0.4 is 10.6 Å². The topological polar surface area (TPSA) is 111 Å². The van der Waals surface area contributed by atoms with Gasteiger partial charge in [0, 0.05) is 11.4 Å². The lowest BCUT2D eigenvalue weighted by molar-refractivity contribution is 0.0592. The third-order valence-electron chi connectivity index (χ3n) is 5.32. The molecular weight excluding hydrogens is 539 g/mol. The number of anilines is 2. The predicted molar refractivity (Wildman–Crippen MR) is 149 cm³/mol. The molecule has 0 saturated carbocycles. The number of ether oxygens (including phenoxy) is 2. The van der Waals surface area contributed by atoms with Gasteiger partial charge in [-0.2, -0.15) is 0 Å². The zero-order chi connectivity index (χ0) is 29.1. The van der Waals surface area contributed by atoms with E-state index < -0.39 is 23.7 Å². The largest absolute Gasteiger partial charge is 0.465 e. The van der Waals surface area contributed by atoms with Crippen molar-refractivity contribution in [3.05, 3.63) is 130 Å². The molecule has 0 atom stereocenters. The molecule has 0 unspecified atom stereocenters. The third kappa shape index (κ3) is 7.99. The molecule has 204 valence electrons. The molecule has 0 fully saturated rings. The number of carbonyl (C=O) groups is 4. The normalized spacial score (nSPS) is 9.90. The Kier molecular flexibility index (Phi) is 10.5. The van der Waals surface area contributed by atoms with E-state index in [4.69, 9.17) is 11.6 Å². The van der Waals surface area contributed by atoms with E-state index in [1.165, 1.54) is 38.5 Å². The number of amides is 2. The van der Waals surface area contributed by atoms with Gasteiger partial charge in [-0.15, -0.1) is 0 Å². The fourth-order valence-electron chi connectivity index (χ4n) is 3.37. The fourth-order valence-corrected chi connectivity index (χ4v) is 3.59. The Labute approximate surface area is 234 Å². The molecule has 8 nitrogen and oxygen atoms in total. The fraction of sp³-hybridized carbons (Fsp3) is 0.0667. The van der Waals surface area contributed by atoms with Crippen molar-refractivity contribution in [2.24, 2.45) is 0 Å². The minimum atomic E-state index is -0.603. The van der Waals surface area contributed by atoms with Crippen molar-refractivity contribution < 1.29 is 33.0 Å². The van der Waals surface area contributed by atoms with Crippen molar-refractivity contribution in [2.75, 3.05) is 24.9 Å². The van der Waals surface area contributed by atoms with E-state index in [0.717, 1.165) is 0 Å². The number of nitrogens with one attached hydrogen (secondary N) is 2. The number of methoxy groups -OCH3 is 2. The molecular formula is C30H24ClFN2O6. The molecule has 2 N–H and O–H groups in total. The molecule has 2 amide bonds. The van der Waals surface area contributed by atoms with Crippen LogP contribution in [-0.2, 0) is 9.47 Å². The van der Waals surface area contributed by atoms with Crippen LogP contribution in [0.4, 0.5) is 15.8 Å². The lowest BCUT2D eigenvalue weighted by Gasteiger charge is -2.07. The molecule has 0 radical (unpaired) electrons. The number of hydrogen-bond donors (Lipinski definition) is 2. The van der Waals surface area contributed by atoms with E-state index in [9.17, 15) is 23.6 Å². The van der Waals surface area contributed by atoms with Crippen LogP contribution >= 0.6 is 11.6 Å². The lowest BCUT2D eigenvalue weighted by Crippen LogP contribution is -2.14. The zero-order valence-electron chi connectivity index (χ0n) is 21.4. The molecule has 10 heteroatoms. The van der Waals surface area contributed by atoms with Crippen molar-refractivity contribution in [3.63, 3.8) is 0 Å². The summed E-state index contributed by atoms with van der Waals surface area (Å²) < 4.78 is 22.7. The number of halogens is 2. The van der Waals surface area contributed by atoms with Gasteiger partial charge in [0.1, 0.15) is 5.82 Å². The monoisotopic (exact) mass is 562 g/mol. The maximum absolute atomic E-state index is 13.5. The van der Waals surface area contributed by atoms with Gasteiger partial charge in [-0.05, 0) is 60.7 Å². The van der Waals surface area contributed by atoms with E-state index in [-0.39, 0.29) is 11.5 Å². The SMILES string of the molecule is COC(=O)c1cccc(NC(=O)c2ccccc2Cl)c1.COC(=O)c1cccc(NC(=O)c2ccccc2F)c1. The highest BCUT2D eigenvalue weighted by atomic mass is 35.5. The summed E-state index contributed by atoms with van der Waals surface area (Å²) >= 11 is 5.95. The summed E-state index contributed by atoms with van der Waals surface area (Å²) in [5.41, 5.74) is 1.87. The van der Waals surface area contributed by atoms with Crippen LogP contribution in [0.2, 0.25) is 5.02 Å². The quantitative estimate of drug-likeness (QED) is 0.269. The van der Waals surface area contributed by atoms with Gasteiger partial charge in [0.25, 0.3) is 11.8 Å². The van der Waals surface area contributed by atoms with E-state index in [1.807, 2.05) is 0 Å². The van der Waals surface area contributed by atoms with Crippen molar-refractivity contribution in [1.29, 1.82) is 0 Å². The Morgan fingerprint density at radius 3 is 1.55 bits per heavy atom. The molecule has 0 aliphatic rings. The maximum Gasteiger partial charge on any atom is 0.337 e. The molecule has 4 rings (SSSR count). The highest BCUT2D eigenvalue weighted by molar-refractivity contribution is 6.34. The molecule has 0 spiro atoms. The molecule has 0 aromatic heterocycles. The number of esters is 2. The van der Waals surface area contributed by atoms with Crippen molar-refractivity contribution in [2.45, 2.75) is 0 Å². The maximum atomic E-state index is 13.5. The Morgan fingerprint density at radius 1 is 0.625 bits per heavy atom. The minimum Gasteiger partial charge on any atom is -0.465 e. The van der Waals surface area contributed by atoms with Gasteiger partial charge in [0.15, 0.2) is 0 Å². The Balaban J connectivity index is 0.000000220. The molecule has 4 aromatic rings. The minimum absolute atomic E-state index is 0.0593. The first-order chi connectivity index (χ1) is 19.2. The van der Waals surface area contributed by atoms with Crippen LogP contribution in [0.25, 0.3) is 0 Å². The molecule has 0 saturated heterocycles. The second-order valence-corrected chi connectivity index (χ2v) is 8.42. The van der Waals surface area contributed by atoms with Crippen LogP contribution in [-0.4, -0.2) is 38.0 Å². The average molecular weight is 563 g/mol. The van der Waals surface area contributed by atoms with Gasteiger partial charge in [-0.25, -0.2) is 14.0 Å². The third-order valence-corrected chi connectivity index (χ3v) is 5.65. The van der Waals surface area contributed by atoms with E-state index in [0.29, 0.717) is 33.1 Å². The van der Waals surface area contributed by atoms with Gasteiger partial charge in [0.2, 0.25) is 0 Å². The highest BCUT2D eigenvalue weighted by Gasteiger charge is 2.13. The Bertz CT molecular complexity index is 1430. The summed E-state index contributed by atoms with van der Waals surface area (Å²) in [4.78, 5) is 46.8. The van der Waals surface area contributed by atoms with Gasteiger partial charge in [-0.1, -0.05) is 48.0 Å². The first kappa shape index (κ1) is 29.5. The molecule has 4 aromatic carbocycles. The summed E-state index contributed by atoms with van der Waals surface area (Å²) in [6.45, 7) is 0. The highest BCUT2D eigenvalue weighted by Crippen LogP contribution is 2.18. The predicted octanol–water partition coefficient (Wildman–Crippen LogP) is 6.24. The second kappa shape index (κ2) is 14.2. The molecule has 40 heavy (non-hydrogen) atoms. The molecule has 0 aliphatic carbocycles. The summed E-state index contributed by atoms with van der Waals surface area (Å²) in [6.07, 6.45) is 0. The molecule has 0 aliphatic heterocycles. The number of carbonyl (C=O) groups excluding carboxylic acids is 4. The Hall–Kier alpha value is -5.02. The van der Waals surface area contributed by atoms with Gasteiger partial charge < -0.3 is 20.1 Å². The first-order valence-corrected chi connectivity index (χ1v) is 12.1. The second-order valence-electron chi connectivity index (χ2n) is 8.01. The van der Waals surface area contributed by atoms with E-state index >= 15 is 0 Å². The van der Waals surface area contributed by atoms with Crippen LogP contribution in [0.5, 0.6) is 0 Å². The number of benzene rings is 4. The molecule has 0 bridgehead atoms. The first-order valence-electron chi connectivity index (χ1n) is 11.7. The average Bonchev–Trinajstić information content (AvgIpc) is 2.97. The Morgan fingerprint density at radius 2 is 1.07 bits per heavy atom.